The first kappa shape index (κ1) is 12.2. The van der Waals surface area contributed by atoms with Crippen molar-refractivity contribution in [2.75, 3.05) is 7.05 Å². The summed E-state index contributed by atoms with van der Waals surface area (Å²) in [5, 5.41) is 5.52. The van der Waals surface area contributed by atoms with Crippen molar-refractivity contribution in [1.82, 2.24) is 5.32 Å². The van der Waals surface area contributed by atoms with Crippen LogP contribution < -0.4 is 5.32 Å². The maximum absolute atomic E-state index is 3.48. The molecule has 0 saturated heterocycles. The largest absolute Gasteiger partial charge is 0.317 e. The Labute approximate surface area is 99.0 Å². The van der Waals surface area contributed by atoms with E-state index >= 15 is 0 Å². The lowest BCUT2D eigenvalue weighted by Crippen LogP contribution is -2.30. The van der Waals surface area contributed by atoms with Crippen LogP contribution >= 0.6 is 27.3 Å². The second-order valence-electron chi connectivity index (χ2n) is 3.91. The first-order valence-electron chi connectivity index (χ1n) is 5.03. The summed E-state index contributed by atoms with van der Waals surface area (Å²) in [6.45, 7) is 4.54. The Morgan fingerprint density at radius 3 is 2.64 bits per heavy atom. The number of thiophene rings is 1. The Kier molecular flexibility index (Phi) is 5.13. The summed E-state index contributed by atoms with van der Waals surface area (Å²) in [7, 11) is 2.05. The van der Waals surface area contributed by atoms with E-state index < -0.39 is 0 Å². The van der Waals surface area contributed by atoms with Crippen molar-refractivity contribution in [3.8, 4) is 0 Å². The molecule has 1 aromatic heterocycles. The molecule has 0 aromatic carbocycles. The molecule has 0 aliphatic heterocycles. The van der Waals surface area contributed by atoms with Gasteiger partial charge in [0.15, 0.2) is 0 Å². The molecule has 3 heteroatoms. The molecule has 0 aliphatic rings. The molecular formula is C11H18BrNS. The van der Waals surface area contributed by atoms with Crippen molar-refractivity contribution < 1.29 is 0 Å². The highest BCUT2D eigenvalue weighted by Gasteiger charge is 2.10. The molecule has 1 atom stereocenters. The van der Waals surface area contributed by atoms with Gasteiger partial charge in [0, 0.05) is 20.8 Å². The highest BCUT2D eigenvalue weighted by Crippen LogP contribution is 2.22. The van der Waals surface area contributed by atoms with E-state index in [4.69, 9.17) is 0 Å². The topological polar surface area (TPSA) is 12.0 Å². The first-order chi connectivity index (χ1) is 6.63. The van der Waals surface area contributed by atoms with Crippen LogP contribution in [0.3, 0.4) is 0 Å². The molecule has 14 heavy (non-hydrogen) atoms. The molecule has 1 heterocycles. The van der Waals surface area contributed by atoms with E-state index in [1.54, 1.807) is 0 Å². The van der Waals surface area contributed by atoms with Crippen LogP contribution in [0.25, 0.3) is 0 Å². The molecule has 0 amide bonds. The van der Waals surface area contributed by atoms with Crippen molar-refractivity contribution in [1.29, 1.82) is 0 Å². The second-order valence-corrected chi connectivity index (χ2v) is 5.82. The van der Waals surface area contributed by atoms with Gasteiger partial charge in [0.1, 0.15) is 0 Å². The van der Waals surface area contributed by atoms with E-state index in [1.165, 1.54) is 22.2 Å². The molecule has 0 radical (unpaired) electrons. The van der Waals surface area contributed by atoms with Gasteiger partial charge in [-0.15, -0.1) is 11.3 Å². The minimum Gasteiger partial charge on any atom is -0.317 e. The molecule has 0 bridgehead atoms. The standard InChI is InChI=1S/C11H18BrNS/c1-8(2)11(13-3)5-4-10-6-9(12)7-14-10/h6-8,11,13H,4-5H2,1-3H3. The average Bonchev–Trinajstić information content (AvgIpc) is 2.52. The number of hydrogen-bond acceptors (Lipinski definition) is 2. The fourth-order valence-electron chi connectivity index (χ4n) is 1.59. The highest BCUT2D eigenvalue weighted by atomic mass is 79.9. The molecule has 1 rings (SSSR count). The van der Waals surface area contributed by atoms with E-state index in [1.807, 2.05) is 11.3 Å². The Morgan fingerprint density at radius 1 is 1.50 bits per heavy atom. The number of rotatable bonds is 5. The zero-order valence-corrected chi connectivity index (χ0v) is 11.4. The molecule has 0 spiro atoms. The Bertz CT molecular complexity index is 270. The molecule has 1 unspecified atom stereocenters. The Balaban J connectivity index is 2.39. The van der Waals surface area contributed by atoms with Crippen molar-refractivity contribution in [2.24, 2.45) is 5.92 Å². The van der Waals surface area contributed by atoms with Crippen LogP contribution in [0.15, 0.2) is 15.9 Å². The lowest BCUT2D eigenvalue weighted by molar-refractivity contribution is 0.404. The summed E-state index contributed by atoms with van der Waals surface area (Å²) >= 11 is 5.32. The third-order valence-corrected chi connectivity index (χ3v) is 4.26. The fourth-order valence-corrected chi connectivity index (χ4v) is 3.06. The predicted molar refractivity (Wildman–Crippen MR) is 68.0 cm³/mol. The number of hydrogen-bond donors (Lipinski definition) is 1. The van der Waals surface area contributed by atoms with Crippen LogP contribution in [0, 0.1) is 5.92 Å². The third kappa shape index (κ3) is 3.71. The predicted octanol–water partition coefficient (Wildman–Crippen LogP) is 3.69. The maximum atomic E-state index is 3.48. The van der Waals surface area contributed by atoms with Crippen LogP contribution in [0.5, 0.6) is 0 Å². The van der Waals surface area contributed by atoms with Gasteiger partial charge in [0.2, 0.25) is 0 Å². The Hall–Kier alpha value is 0.140. The summed E-state index contributed by atoms with van der Waals surface area (Å²) in [4.78, 5) is 1.47. The van der Waals surface area contributed by atoms with Gasteiger partial charge in [0.25, 0.3) is 0 Å². The molecule has 0 saturated carbocycles. The molecule has 1 nitrogen and oxygen atoms in total. The van der Waals surface area contributed by atoms with Crippen molar-refractivity contribution >= 4 is 27.3 Å². The van der Waals surface area contributed by atoms with Crippen molar-refractivity contribution in [2.45, 2.75) is 32.7 Å². The minimum atomic E-state index is 0.635. The molecule has 0 aliphatic carbocycles. The first-order valence-corrected chi connectivity index (χ1v) is 6.71. The highest BCUT2D eigenvalue weighted by molar-refractivity contribution is 9.10. The van der Waals surface area contributed by atoms with Gasteiger partial charge in [-0.2, -0.15) is 0 Å². The maximum Gasteiger partial charge on any atom is 0.0285 e. The van der Waals surface area contributed by atoms with Gasteiger partial charge in [-0.3, -0.25) is 0 Å². The van der Waals surface area contributed by atoms with E-state index in [0.717, 1.165) is 0 Å². The Morgan fingerprint density at radius 2 is 2.21 bits per heavy atom. The van der Waals surface area contributed by atoms with Gasteiger partial charge in [-0.25, -0.2) is 0 Å². The smallest absolute Gasteiger partial charge is 0.0285 e. The van der Waals surface area contributed by atoms with Crippen LogP contribution in [0.2, 0.25) is 0 Å². The zero-order valence-electron chi connectivity index (χ0n) is 9.01. The molecule has 1 N–H and O–H groups in total. The summed E-state index contributed by atoms with van der Waals surface area (Å²) < 4.78 is 1.21. The number of nitrogens with one attached hydrogen (secondary N) is 1. The van der Waals surface area contributed by atoms with Gasteiger partial charge in [-0.1, -0.05) is 13.8 Å². The van der Waals surface area contributed by atoms with E-state index in [0.29, 0.717) is 12.0 Å². The minimum absolute atomic E-state index is 0.635. The quantitative estimate of drug-likeness (QED) is 0.865. The molecular weight excluding hydrogens is 258 g/mol. The van der Waals surface area contributed by atoms with Crippen LogP contribution in [-0.2, 0) is 6.42 Å². The van der Waals surface area contributed by atoms with Crippen LogP contribution in [0.1, 0.15) is 25.1 Å². The molecule has 1 aromatic rings. The monoisotopic (exact) mass is 275 g/mol. The molecule has 80 valence electrons. The van der Waals surface area contributed by atoms with Crippen LogP contribution in [0.4, 0.5) is 0 Å². The summed E-state index contributed by atoms with van der Waals surface area (Å²) in [5.74, 6) is 0.711. The number of aryl methyl sites for hydroxylation is 1. The van der Waals surface area contributed by atoms with E-state index in [-0.39, 0.29) is 0 Å². The second kappa shape index (κ2) is 5.89. The lowest BCUT2D eigenvalue weighted by Gasteiger charge is -2.19. The van der Waals surface area contributed by atoms with E-state index in [2.05, 4.69) is 53.6 Å². The molecule has 0 fully saturated rings. The van der Waals surface area contributed by atoms with Gasteiger partial charge in [0.05, 0.1) is 0 Å². The summed E-state index contributed by atoms with van der Waals surface area (Å²) in [6, 6.07) is 2.86. The zero-order chi connectivity index (χ0) is 10.6. The van der Waals surface area contributed by atoms with Crippen LogP contribution in [-0.4, -0.2) is 13.1 Å². The normalized spacial score (nSPS) is 13.5. The van der Waals surface area contributed by atoms with E-state index in [9.17, 15) is 0 Å². The van der Waals surface area contributed by atoms with Gasteiger partial charge in [-0.05, 0) is 47.8 Å². The number of halogens is 1. The van der Waals surface area contributed by atoms with Gasteiger partial charge < -0.3 is 5.32 Å². The lowest BCUT2D eigenvalue weighted by atomic mass is 9.99. The summed E-state index contributed by atoms with van der Waals surface area (Å²) in [5.41, 5.74) is 0. The average molecular weight is 276 g/mol. The SMILES string of the molecule is CNC(CCc1cc(Br)cs1)C(C)C. The van der Waals surface area contributed by atoms with Crippen molar-refractivity contribution in [3.63, 3.8) is 0 Å². The van der Waals surface area contributed by atoms with Crippen molar-refractivity contribution in [3.05, 3.63) is 20.8 Å². The third-order valence-electron chi connectivity index (χ3n) is 2.50. The summed E-state index contributed by atoms with van der Waals surface area (Å²) in [6.07, 6.45) is 2.40. The van der Waals surface area contributed by atoms with Gasteiger partial charge >= 0.3 is 0 Å². The fraction of sp³-hybridized carbons (Fsp3) is 0.636.